The molecule has 6 rings (SSSR count). The fourth-order valence-electron chi connectivity index (χ4n) is 6.64. The minimum Gasteiger partial charge on any atom is -0.462 e. The van der Waals surface area contributed by atoms with Crippen molar-refractivity contribution in [2.75, 3.05) is 62.7 Å². The first-order chi connectivity index (χ1) is 20.4. The minimum atomic E-state index is -0.220. The molecular formula is C33H43N7O2S2. The summed E-state index contributed by atoms with van der Waals surface area (Å²) in [4.78, 5) is 34.9. The molecule has 0 saturated carbocycles. The third-order valence-corrected chi connectivity index (χ3v) is 9.00. The van der Waals surface area contributed by atoms with Crippen LogP contribution in [0.25, 0.3) is 15.6 Å². The summed E-state index contributed by atoms with van der Waals surface area (Å²) >= 11 is 0. The summed E-state index contributed by atoms with van der Waals surface area (Å²) in [6.45, 7) is 18.4. The van der Waals surface area contributed by atoms with Crippen molar-refractivity contribution in [2.24, 2.45) is 0 Å². The summed E-state index contributed by atoms with van der Waals surface area (Å²) < 4.78 is 6.30. The van der Waals surface area contributed by atoms with Crippen LogP contribution in [-0.4, -0.2) is 90.7 Å². The van der Waals surface area contributed by atoms with Crippen LogP contribution in [0.4, 0.5) is 11.5 Å². The maximum absolute atomic E-state index is 12.5. The first-order valence-electron chi connectivity index (χ1n) is 14.9. The van der Waals surface area contributed by atoms with Crippen LogP contribution in [0.15, 0.2) is 49.1 Å². The molecule has 2 saturated heterocycles. The van der Waals surface area contributed by atoms with Gasteiger partial charge in [-0.3, -0.25) is 4.79 Å². The first-order valence-corrected chi connectivity index (χ1v) is 14.9. The van der Waals surface area contributed by atoms with Crippen molar-refractivity contribution in [1.82, 2.24) is 19.8 Å². The van der Waals surface area contributed by atoms with Crippen LogP contribution in [-0.2, 0) is 17.8 Å². The van der Waals surface area contributed by atoms with E-state index in [4.69, 9.17) is 21.3 Å². The number of fused-ring (bicyclic) bond motifs is 2. The number of hydrogen-bond acceptors (Lipinski definition) is 7. The zero-order valence-corrected chi connectivity index (χ0v) is 27.6. The van der Waals surface area contributed by atoms with Crippen molar-refractivity contribution in [3.05, 3.63) is 77.3 Å². The molecule has 2 fully saturated rings. The van der Waals surface area contributed by atoms with Crippen molar-refractivity contribution < 1.29 is 9.53 Å². The number of aryl methyl sites for hydroxylation is 1. The molecule has 1 aromatic heterocycles. The van der Waals surface area contributed by atoms with Crippen molar-refractivity contribution in [3.63, 3.8) is 0 Å². The Hall–Kier alpha value is -3.46. The number of hydrogen-bond donors (Lipinski definition) is 0. The Morgan fingerprint density at radius 3 is 2.70 bits per heavy atom. The monoisotopic (exact) mass is 633 g/mol. The Balaban J connectivity index is 0.00000221. The number of amides is 1. The van der Waals surface area contributed by atoms with Gasteiger partial charge in [0.15, 0.2) is 0 Å². The van der Waals surface area contributed by atoms with Gasteiger partial charge in [0.25, 0.3) is 0 Å². The van der Waals surface area contributed by atoms with E-state index in [0.717, 1.165) is 43.0 Å². The zero-order chi connectivity index (χ0) is 29.2. The predicted octanol–water partition coefficient (Wildman–Crippen LogP) is 4.32. The molecular weight excluding hydrogens is 591 g/mol. The lowest BCUT2D eigenvalue weighted by atomic mass is 10.0. The molecule has 3 aromatic rings. The van der Waals surface area contributed by atoms with E-state index >= 15 is 0 Å². The van der Waals surface area contributed by atoms with Gasteiger partial charge in [-0.1, -0.05) is 36.4 Å². The molecule has 1 amide bonds. The number of anilines is 2. The second-order valence-corrected chi connectivity index (χ2v) is 11.7. The van der Waals surface area contributed by atoms with Crippen molar-refractivity contribution >= 4 is 55.2 Å². The summed E-state index contributed by atoms with van der Waals surface area (Å²) in [7, 11) is 2.14. The summed E-state index contributed by atoms with van der Waals surface area (Å²) in [5, 5.41) is 2.48. The van der Waals surface area contributed by atoms with Gasteiger partial charge in [-0.2, -0.15) is 37.0 Å². The summed E-state index contributed by atoms with van der Waals surface area (Å²) in [5.41, 5.74) is 4.58. The molecule has 2 atom stereocenters. The number of carbonyl (C=O) groups excluding carboxylic acids is 1. The molecule has 0 bridgehead atoms. The highest BCUT2D eigenvalue weighted by atomic mass is 32.1. The summed E-state index contributed by atoms with van der Waals surface area (Å²) in [6.07, 6.45) is 4.43. The van der Waals surface area contributed by atoms with E-state index in [1.165, 1.54) is 34.5 Å². The molecule has 0 spiro atoms. The molecule has 0 unspecified atom stereocenters. The normalized spacial score (nSPS) is 19.9. The number of nitrogens with zero attached hydrogens (tertiary/aromatic N) is 7. The Morgan fingerprint density at radius 1 is 1.11 bits per heavy atom. The Labute approximate surface area is 274 Å². The van der Waals surface area contributed by atoms with Crippen LogP contribution in [0, 0.1) is 13.5 Å². The van der Waals surface area contributed by atoms with Gasteiger partial charge in [-0.25, -0.2) is 6.57 Å². The van der Waals surface area contributed by atoms with Crippen molar-refractivity contribution in [2.45, 2.75) is 44.8 Å². The van der Waals surface area contributed by atoms with Crippen LogP contribution in [0.2, 0.25) is 0 Å². The molecule has 0 N–H and O–H groups in total. The van der Waals surface area contributed by atoms with Gasteiger partial charge in [0.2, 0.25) is 12.5 Å². The molecule has 3 aliphatic heterocycles. The van der Waals surface area contributed by atoms with Gasteiger partial charge < -0.3 is 29.2 Å². The van der Waals surface area contributed by atoms with Gasteiger partial charge in [-0.15, -0.1) is 0 Å². The van der Waals surface area contributed by atoms with Gasteiger partial charge in [0, 0.05) is 48.9 Å². The molecule has 11 heteroatoms. The highest BCUT2D eigenvalue weighted by Crippen LogP contribution is 2.35. The van der Waals surface area contributed by atoms with Gasteiger partial charge in [0.05, 0.1) is 12.2 Å². The third kappa shape index (κ3) is 6.77. The Kier molecular flexibility index (Phi) is 11.1. The molecule has 3 aliphatic rings. The van der Waals surface area contributed by atoms with Crippen LogP contribution < -0.4 is 14.5 Å². The fraction of sp³-hybridized carbons (Fsp3) is 0.455. The van der Waals surface area contributed by atoms with E-state index in [9.17, 15) is 4.79 Å². The van der Waals surface area contributed by atoms with Crippen LogP contribution >= 0.6 is 27.0 Å². The van der Waals surface area contributed by atoms with Gasteiger partial charge in [-0.05, 0) is 63.4 Å². The summed E-state index contributed by atoms with van der Waals surface area (Å²) in [6, 6.07) is 13.7. The van der Waals surface area contributed by atoms with E-state index in [0.29, 0.717) is 44.8 Å². The molecule has 0 aliphatic carbocycles. The maximum atomic E-state index is 12.5. The molecule has 2 aromatic carbocycles. The van der Waals surface area contributed by atoms with Crippen LogP contribution in [0.5, 0.6) is 6.01 Å². The average molecular weight is 634 g/mol. The highest BCUT2D eigenvalue weighted by molar-refractivity contribution is 7.59. The quantitative estimate of drug-likeness (QED) is 0.284. The smallest absolute Gasteiger partial charge is 0.318 e. The van der Waals surface area contributed by atoms with Gasteiger partial charge in [0.1, 0.15) is 18.5 Å². The number of likely N-dealkylation sites (tertiary alicyclic amines) is 1. The van der Waals surface area contributed by atoms with Crippen molar-refractivity contribution in [1.29, 1.82) is 0 Å². The standard InChI is InChI=1S/C33H39N7O2.2H2S/c1-5-31(41)40-17-16-39(20-26(40)19-34-3)32-27-13-15-38(30-10-6-8-24-12-11-23(2)18-28(24)30)21-29(27)35-33(36-32)42-22-25-9-7-14-37(25)4;;/h5-6,8,10-12,18,25-26H,1,7,9,13-17,19-22H2,2,4H3;2*1H2/t25-,26-;;/m0../s1. The highest BCUT2D eigenvalue weighted by Gasteiger charge is 2.35. The van der Waals surface area contributed by atoms with E-state index in [1.54, 1.807) is 4.90 Å². The number of ether oxygens (including phenoxy) is 1. The lowest BCUT2D eigenvalue weighted by molar-refractivity contribution is -0.128. The predicted molar refractivity (Wildman–Crippen MR) is 187 cm³/mol. The Morgan fingerprint density at radius 2 is 1.95 bits per heavy atom. The number of likely N-dealkylation sites (N-methyl/N-ethyl adjacent to an activating group) is 1. The number of carbonyl (C=O) groups is 1. The molecule has 0 radical (unpaired) electrons. The fourth-order valence-corrected chi connectivity index (χ4v) is 6.64. The van der Waals surface area contributed by atoms with Crippen LogP contribution in [0.1, 0.15) is 29.7 Å². The second kappa shape index (κ2) is 14.5. The van der Waals surface area contributed by atoms with E-state index in [1.807, 2.05) is 0 Å². The zero-order valence-electron chi connectivity index (χ0n) is 25.6. The molecule has 44 heavy (non-hydrogen) atoms. The average Bonchev–Trinajstić information content (AvgIpc) is 3.43. The van der Waals surface area contributed by atoms with Crippen LogP contribution in [0.3, 0.4) is 0 Å². The molecule has 234 valence electrons. The first kappa shape index (κ1) is 33.4. The largest absolute Gasteiger partial charge is 0.462 e. The van der Waals surface area contributed by atoms with E-state index < -0.39 is 0 Å². The van der Waals surface area contributed by atoms with E-state index in [-0.39, 0.29) is 45.5 Å². The lowest BCUT2D eigenvalue weighted by Crippen LogP contribution is -2.56. The topological polar surface area (TPSA) is 69.4 Å². The third-order valence-electron chi connectivity index (χ3n) is 9.00. The minimum absolute atomic E-state index is 0. The van der Waals surface area contributed by atoms with Crippen molar-refractivity contribution in [3.8, 4) is 6.01 Å². The van der Waals surface area contributed by atoms with E-state index in [2.05, 4.69) is 76.5 Å². The molecule has 4 heterocycles. The SMILES string of the molecule is S.S.[C-]#[N+]C[C@H]1CN(c2nc(OC[C@@H]3CCCN3C)nc3c2CCN(c2cccc4ccc(C)cc24)C3)CCN1C(=O)C=C. The number of piperazine rings is 1. The number of rotatable bonds is 7. The lowest BCUT2D eigenvalue weighted by Gasteiger charge is -2.41. The number of aromatic nitrogens is 2. The number of benzene rings is 2. The maximum Gasteiger partial charge on any atom is 0.318 e. The molecule has 9 nitrogen and oxygen atoms in total. The summed E-state index contributed by atoms with van der Waals surface area (Å²) in [5.74, 6) is 0.752. The second-order valence-electron chi connectivity index (χ2n) is 11.7. The van der Waals surface area contributed by atoms with Gasteiger partial charge >= 0.3 is 6.01 Å². The Bertz CT molecular complexity index is 1540.